The predicted octanol–water partition coefficient (Wildman–Crippen LogP) is 2.42. The third kappa shape index (κ3) is 4.85. The van der Waals surface area contributed by atoms with Gasteiger partial charge in [0.2, 0.25) is 0 Å². The Kier molecular flexibility index (Phi) is 4.94. The van der Waals surface area contributed by atoms with Crippen LogP contribution in [0.2, 0.25) is 0 Å². The second kappa shape index (κ2) is 6.23. The van der Waals surface area contributed by atoms with E-state index >= 15 is 0 Å². The van der Waals surface area contributed by atoms with Crippen molar-refractivity contribution in [3.63, 3.8) is 0 Å². The molecule has 1 rings (SSSR count). The zero-order valence-corrected chi connectivity index (χ0v) is 10.7. The normalized spacial score (nSPS) is 12.5. The fourth-order valence-corrected chi connectivity index (χ4v) is 1.60. The average Bonchev–Trinajstić information content (AvgIpc) is 2.26. The van der Waals surface area contributed by atoms with Crippen LogP contribution in [-0.2, 0) is 0 Å². The number of nitrogens with zero attached hydrogens (tertiary/aromatic N) is 1. The van der Waals surface area contributed by atoms with E-state index in [1.807, 2.05) is 6.07 Å². The lowest BCUT2D eigenvalue weighted by molar-refractivity contribution is 0.0995. The summed E-state index contributed by atoms with van der Waals surface area (Å²) in [4.78, 5) is 14.9. The van der Waals surface area contributed by atoms with E-state index in [2.05, 4.69) is 31.1 Å². The fraction of sp³-hybridized carbons (Fsp3) is 0.538. The Labute approximate surface area is 103 Å². The number of nitrogens with one attached hydrogen (secondary N) is 1. The number of carbonyl (C=O) groups excluding carboxylic acids is 1. The van der Waals surface area contributed by atoms with Gasteiger partial charge in [0.1, 0.15) is 5.69 Å². The molecule has 0 saturated heterocycles. The maximum atomic E-state index is 11.0. The summed E-state index contributed by atoms with van der Waals surface area (Å²) in [7, 11) is 0. The molecular weight excluding hydrogens is 214 g/mol. The zero-order chi connectivity index (χ0) is 12.8. The van der Waals surface area contributed by atoms with Gasteiger partial charge in [-0.05, 0) is 37.8 Å². The van der Waals surface area contributed by atoms with Gasteiger partial charge >= 0.3 is 0 Å². The van der Waals surface area contributed by atoms with Gasteiger partial charge in [0.05, 0.1) is 0 Å². The van der Waals surface area contributed by atoms with Crippen molar-refractivity contribution >= 4 is 11.6 Å². The number of anilines is 1. The number of rotatable bonds is 6. The van der Waals surface area contributed by atoms with Crippen molar-refractivity contribution in [2.24, 2.45) is 11.7 Å². The quantitative estimate of drug-likeness (QED) is 0.795. The van der Waals surface area contributed by atoms with Gasteiger partial charge in [-0.15, -0.1) is 0 Å². The summed E-state index contributed by atoms with van der Waals surface area (Å²) in [6.45, 7) is 6.56. The first kappa shape index (κ1) is 13.5. The van der Waals surface area contributed by atoms with Gasteiger partial charge in [-0.2, -0.15) is 0 Å². The Bertz CT molecular complexity index is 377. The summed E-state index contributed by atoms with van der Waals surface area (Å²) in [5.74, 6) is 0.210. The van der Waals surface area contributed by atoms with Crippen LogP contribution in [0, 0.1) is 5.92 Å². The van der Waals surface area contributed by atoms with Crippen molar-refractivity contribution in [2.75, 3.05) is 5.32 Å². The minimum absolute atomic E-state index is 0.297. The molecule has 3 N–H and O–H groups in total. The number of pyridine rings is 1. The first-order valence-electron chi connectivity index (χ1n) is 6.01. The van der Waals surface area contributed by atoms with E-state index in [1.165, 1.54) is 6.42 Å². The van der Waals surface area contributed by atoms with Gasteiger partial charge in [-0.25, -0.2) is 0 Å². The van der Waals surface area contributed by atoms with Gasteiger partial charge in [0.15, 0.2) is 0 Å². The Morgan fingerprint density at radius 1 is 1.41 bits per heavy atom. The molecule has 94 valence electrons. The molecule has 0 radical (unpaired) electrons. The summed E-state index contributed by atoms with van der Waals surface area (Å²) >= 11 is 0. The van der Waals surface area contributed by atoms with E-state index in [9.17, 15) is 4.79 Å². The molecule has 17 heavy (non-hydrogen) atoms. The molecule has 1 unspecified atom stereocenters. The summed E-state index contributed by atoms with van der Waals surface area (Å²) in [5.41, 5.74) is 6.37. The minimum atomic E-state index is -0.497. The van der Waals surface area contributed by atoms with Gasteiger partial charge in [0, 0.05) is 17.9 Å². The first-order valence-corrected chi connectivity index (χ1v) is 6.01. The van der Waals surface area contributed by atoms with Gasteiger partial charge in [-0.1, -0.05) is 13.8 Å². The minimum Gasteiger partial charge on any atom is -0.382 e. The molecule has 0 spiro atoms. The van der Waals surface area contributed by atoms with E-state index in [4.69, 9.17) is 5.73 Å². The molecule has 0 saturated carbocycles. The molecule has 0 fully saturated rings. The van der Waals surface area contributed by atoms with Crippen molar-refractivity contribution < 1.29 is 4.79 Å². The first-order chi connectivity index (χ1) is 7.99. The molecule has 4 heteroatoms. The van der Waals surface area contributed by atoms with E-state index in [1.54, 1.807) is 12.3 Å². The highest BCUT2D eigenvalue weighted by Gasteiger charge is 2.06. The standard InChI is InChI=1S/C13H21N3O/c1-9(2)4-5-10(3)16-11-6-7-15-12(8-11)13(14)17/h6-10H,4-5H2,1-3H3,(H2,14,17)(H,15,16). The molecule has 0 aliphatic carbocycles. The second-order valence-electron chi connectivity index (χ2n) is 4.81. The van der Waals surface area contributed by atoms with Crippen LogP contribution < -0.4 is 11.1 Å². The van der Waals surface area contributed by atoms with Crippen molar-refractivity contribution in [1.82, 2.24) is 4.98 Å². The van der Waals surface area contributed by atoms with Gasteiger partial charge < -0.3 is 11.1 Å². The Morgan fingerprint density at radius 2 is 2.12 bits per heavy atom. The van der Waals surface area contributed by atoms with Crippen LogP contribution in [0.3, 0.4) is 0 Å². The highest BCUT2D eigenvalue weighted by atomic mass is 16.1. The lowest BCUT2D eigenvalue weighted by Crippen LogP contribution is -2.17. The zero-order valence-electron chi connectivity index (χ0n) is 10.7. The summed E-state index contributed by atoms with van der Waals surface area (Å²) < 4.78 is 0. The van der Waals surface area contributed by atoms with Crippen LogP contribution in [0.5, 0.6) is 0 Å². The monoisotopic (exact) mass is 235 g/mol. The highest BCUT2D eigenvalue weighted by molar-refractivity contribution is 5.91. The molecule has 1 aromatic heterocycles. The van der Waals surface area contributed by atoms with E-state index in [0.29, 0.717) is 17.7 Å². The molecule has 4 nitrogen and oxygen atoms in total. The summed E-state index contributed by atoms with van der Waals surface area (Å²) in [6, 6.07) is 3.91. The molecular formula is C13H21N3O. The van der Waals surface area contributed by atoms with Gasteiger partial charge in [0.25, 0.3) is 5.91 Å². The SMILES string of the molecule is CC(C)CCC(C)Nc1ccnc(C(N)=O)c1. The van der Waals surface area contributed by atoms with Crippen LogP contribution in [0.4, 0.5) is 5.69 Å². The second-order valence-corrected chi connectivity index (χ2v) is 4.81. The number of hydrogen-bond acceptors (Lipinski definition) is 3. The predicted molar refractivity (Wildman–Crippen MR) is 69.9 cm³/mol. The molecule has 1 aromatic rings. The topological polar surface area (TPSA) is 68.0 Å². The number of carbonyl (C=O) groups is 1. The molecule has 0 bridgehead atoms. The van der Waals surface area contributed by atoms with Crippen LogP contribution in [0.1, 0.15) is 44.1 Å². The maximum Gasteiger partial charge on any atom is 0.267 e. The third-order valence-corrected chi connectivity index (χ3v) is 2.60. The number of primary amides is 1. The van der Waals surface area contributed by atoms with Crippen molar-refractivity contribution in [1.29, 1.82) is 0 Å². The van der Waals surface area contributed by atoms with E-state index < -0.39 is 5.91 Å². The van der Waals surface area contributed by atoms with E-state index in [-0.39, 0.29) is 0 Å². The third-order valence-electron chi connectivity index (χ3n) is 2.60. The molecule has 1 amide bonds. The Balaban J connectivity index is 2.56. The smallest absolute Gasteiger partial charge is 0.267 e. The molecule has 0 aliphatic heterocycles. The Morgan fingerprint density at radius 3 is 2.71 bits per heavy atom. The van der Waals surface area contributed by atoms with Crippen molar-refractivity contribution in [3.8, 4) is 0 Å². The van der Waals surface area contributed by atoms with Crippen molar-refractivity contribution in [2.45, 2.75) is 39.7 Å². The summed E-state index contributed by atoms with van der Waals surface area (Å²) in [5, 5.41) is 3.34. The molecule has 0 aliphatic rings. The number of amides is 1. The molecule has 1 heterocycles. The molecule has 1 atom stereocenters. The van der Waals surface area contributed by atoms with Crippen LogP contribution >= 0.6 is 0 Å². The van der Waals surface area contributed by atoms with Crippen molar-refractivity contribution in [3.05, 3.63) is 24.0 Å². The number of aromatic nitrogens is 1. The lowest BCUT2D eigenvalue weighted by atomic mass is 10.0. The highest BCUT2D eigenvalue weighted by Crippen LogP contribution is 2.13. The Hall–Kier alpha value is -1.58. The van der Waals surface area contributed by atoms with Crippen LogP contribution in [0.25, 0.3) is 0 Å². The number of hydrogen-bond donors (Lipinski definition) is 2. The summed E-state index contributed by atoms with van der Waals surface area (Å²) in [6.07, 6.45) is 3.88. The average molecular weight is 235 g/mol. The van der Waals surface area contributed by atoms with E-state index in [0.717, 1.165) is 12.1 Å². The maximum absolute atomic E-state index is 11.0. The molecule has 0 aromatic carbocycles. The lowest BCUT2D eigenvalue weighted by Gasteiger charge is -2.16. The largest absolute Gasteiger partial charge is 0.382 e. The fourth-order valence-electron chi connectivity index (χ4n) is 1.60. The number of nitrogens with two attached hydrogens (primary N) is 1. The van der Waals surface area contributed by atoms with Crippen LogP contribution in [-0.4, -0.2) is 16.9 Å². The van der Waals surface area contributed by atoms with Gasteiger partial charge in [-0.3, -0.25) is 9.78 Å². The van der Waals surface area contributed by atoms with Crippen LogP contribution in [0.15, 0.2) is 18.3 Å².